The third-order valence-electron chi connectivity index (χ3n) is 6.88. The van der Waals surface area contributed by atoms with E-state index in [1.165, 1.54) is 61.2 Å². The Morgan fingerprint density at radius 1 is 1.03 bits per heavy atom. The van der Waals surface area contributed by atoms with Crippen LogP contribution in [0.1, 0.15) is 54.0 Å². The predicted molar refractivity (Wildman–Crippen MR) is 128 cm³/mol. The molecule has 2 saturated heterocycles. The molecule has 2 aromatic rings. The summed E-state index contributed by atoms with van der Waals surface area (Å²) in [6.07, 6.45) is 7.09. The first-order valence-electron chi connectivity index (χ1n) is 11.7. The van der Waals surface area contributed by atoms with Gasteiger partial charge >= 0.3 is 0 Å². The summed E-state index contributed by atoms with van der Waals surface area (Å²) in [5, 5.41) is 0.940. The Balaban J connectivity index is 1.35. The van der Waals surface area contributed by atoms with Gasteiger partial charge in [-0.1, -0.05) is 17.8 Å². The molecule has 1 aromatic heterocycles. The van der Waals surface area contributed by atoms with Crippen molar-refractivity contribution in [2.24, 2.45) is 0 Å². The summed E-state index contributed by atoms with van der Waals surface area (Å²) < 4.78 is 5.48. The highest BCUT2D eigenvalue weighted by Gasteiger charge is 2.23. The molecular weight excluding hydrogens is 404 g/mol. The smallest absolute Gasteiger partial charge is 0.187 e. The van der Waals surface area contributed by atoms with Gasteiger partial charge in [-0.15, -0.1) is 0 Å². The second-order valence-corrected chi connectivity index (χ2v) is 9.97. The van der Waals surface area contributed by atoms with E-state index in [9.17, 15) is 0 Å². The van der Waals surface area contributed by atoms with E-state index >= 15 is 0 Å². The summed E-state index contributed by atoms with van der Waals surface area (Å²) in [5.74, 6) is 2.55. The Morgan fingerprint density at radius 2 is 1.84 bits per heavy atom. The molecule has 2 aliphatic rings. The molecule has 168 valence electrons. The SMILES string of the molecule is COc1ccc(CN2CCC[C@@H](c3ccnc(SCCN4CCCC4)n3)C2)c(C)c1C. The van der Waals surface area contributed by atoms with Crippen molar-refractivity contribution in [1.82, 2.24) is 19.8 Å². The van der Waals surface area contributed by atoms with E-state index in [4.69, 9.17) is 9.72 Å². The summed E-state index contributed by atoms with van der Waals surface area (Å²) in [5.41, 5.74) is 5.21. The van der Waals surface area contributed by atoms with Crippen LogP contribution in [0.3, 0.4) is 0 Å². The molecule has 0 N–H and O–H groups in total. The number of methoxy groups -OCH3 is 1. The number of likely N-dealkylation sites (tertiary alicyclic amines) is 2. The molecule has 0 radical (unpaired) electrons. The van der Waals surface area contributed by atoms with Crippen LogP contribution in [-0.4, -0.2) is 65.4 Å². The molecule has 6 heteroatoms. The van der Waals surface area contributed by atoms with Gasteiger partial charge in [-0.2, -0.15) is 0 Å². The lowest BCUT2D eigenvalue weighted by atomic mass is 9.93. The van der Waals surface area contributed by atoms with E-state index < -0.39 is 0 Å². The molecule has 0 saturated carbocycles. The number of benzene rings is 1. The summed E-state index contributed by atoms with van der Waals surface area (Å²) in [4.78, 5) is 14.6. The zero-order valence-electron chi connectivity index (χ0n) is 19.3. The van der Waals surface area contributed by atoms with Crippen LogP contribution < -0.4 is 4.74 Å². The first-order valence-corrected chi connectivity index (χ1v) is 12.7. The fourth-order valence-electron chi connectivity index (χ4n) is 4.85. The monoisotopic (exact) mass is 440 g/mol. The predicted octanol–water partition coefficient (Wildman–Crippen LogP) is 4.67. The van der Waals surface area contributed by atoms with Crippen LogP contribution in [0, 0.1) is 13.8 Å². The number of hydrogen-bond donors (Lipinski definition) is 0. The van der Waals surface area contributed by atoms with Gasteiger partial charge in [-0.05, 0) is 88.0 Å². The van der Waals surface area contributed by atoms with Gasteiger partial charge < -0.3 is 9.64 Å². The third-order valence-corrected chi connectivity index (χ3v) is 7.72. The molecule has 0 unspecified atom stereocenters. The average molecular weight is 441 g/mol. The summed E-state index contributed by atoms with van der Waals surface area (Å²) >= 11 is 1.81. The molecule has 4 rings (SSSR count). The lowest BCUT2D eigenvalue weighted by molar-refractivity contribution is 0.197. The quantitative estimate of drug-likeness (QED) is 0.439. The first-order chi connectivity index (χ1) is 15.1. The fraction of sp³-hybridized carbons (Fsp3) is 0.600. The largest absolute Gasteiger partial charge is 0.496 e. The van der Waals surface area contributed by atoms with Crippen molar-refractivity contribution in [2.45, 2.75) is 57.1 Å². The van der Waals surface area contributed by atoms with Crippen LogP contribution in [0.25, 0.3) is 0 Å². The van der Waals surface area contributed by atoms with E-state index in [1.807, 2.05) is 6.20 Å². The van der Waals surface area contributed by atoms with Crippen molar-refractivity contribution in [1.29, 1.82) is 0 Å². The van der Waals surface area contributed by atoms with Crippen molar-refractivity contribution in [3.63, 3.8) is 0 Å². The molecule has 0 aliphatic carbocycles. The standard InChI is InChI=1S/C25H36N4OS/c1-19-20(2)24(30-3)9-8-21(19)17-29-14-6-7-22(18-29)23-10-11-26-25(27-23)31-16-15-28-12-4-5-13-28/h8-11,22H,4-7,12-18H2,1-3H3/t22-/m1/s1. The van der Waals surface area contributed by atoms with Gasteiger partial charge in [0.1, 0.15) is 5.75 Å². The number of piperidine rings is 1. The van der Waals surface area contributed by atoms with Gasteiger partial charge in [0.15, 0.2) is 5.16 Å². The number of aromatic nitrogens is 2. The van der Waals surface area contributed by atoms with Gasteiger partial charge in [0.2, 0.25) is 0 Å². The lowest BCUT2D eigenvalue weighted by Crippen LogP contribution is -2.34. The molecule has 0 amide bonds. The highest BCUT2D eigenvalue weighted by atomic mass is 32.2. The highest BCUT2D eigenvalue weighted by molar-refractivity contribution is 7.99. The number of rotatable bonds is 8. The molecule has 0 spiro atoms. The van der Waals surface area contributed by atoms with Crippen molar-refractivity contribution in [3.8, 4) is 5.75 Å². The van der Waals surface area contributed by atoms with Gasteiger partial charge in [-0.3, -0.25) is 4.90 Å². The molecule has 1 aromatic carbocycles. The number of ether oxygens (including phenoxy) is 1. The second kappa shape index (κ2) is 10.8. The third kappa shape index (κ3) is 5.79. The van der Waals surface area contributed by atoms with Crippen molar-refractivity contribution >= 4 is 11.8 Å². The van der Waals surface area contributed by atoms with Crippen LogP contribution >= 0.6 is 11.8 Å². The summed E-state index contributed by atoms with van der Waals surface area (Å²) in [7, 11) is 1.75. The van der Waals surface area contributed by atoms with Gasteiger partial charge in [0.25, 0.3) is 0 Å². The molecule has 3 heterocycles. The second-order valence-electron chi connectivity index (χ2n) is 8.91. The minimum absolute atomic E-state index is 0.495. The van der Waals surface area contributed by atoms with Crippen molar-refractivity contribution < 1.29 is 4.74 Å². The van der Waals surface area contributed by atoms with Gasteiger partial charge in [0, 0.05) is 43.2 Å². The Morgan fingerprint density at radius 3 is 2.65 bits per heavy atom. The minimum atomic E-state index is 0.495. The molecule has 1 atom stereocenters. The Bertz CT molecular complexity index is 869. The number of nitrogens with zero attached hydrogens (tertiary/aromatic N) is 4. The zero-order chi connectivity index (χ0) is 21.6. The average Bonchev–Trinajstić information content (AvgIpc) is 3.31. The van der Waals surface area contributed by atoms with Gasteiger partial charge in [0.05, 0.1) is 7.11 Å². The lowest BCUT2D eigenvalue weighted by Gasteiger charge is -2.33. The van der Waals surface area contributed by atoms with E-state index in [0.717, 1.165) is 42.8 Å². The number of thioether (sulfide) groups is 1. The molecule has 31 heavy (non-hydrogen) atoms. The molecule has 2 aliphatic heterocycles. The van der Waals surface area contributed by atoms with Crippen LogP contribution in [0.5, 0.6) is 5.75 Å². The maximum Gasteiger partial charge on any atom is 0.187 e. The van der Waals surface area contributed by atoms with Crippen LogP contribution in [0.2, 0.25) is 0 Å². The molecular formula is C25H36N4OS. The van der Waals surface area contributed by atoms with Crippen LogP contribution in [0.15, 0.2) is 29.6 Å². The van der Waals surface area contributed by atoms with Crippen molar-refractivity contribution in [3.05, 3.63) is 46.8 Å². The molecule has 2 fully saturated rings. The molecule has 0 bridgehead atoms. The topological polar surface area (TPSA) is 41.5 Å². The normalized spacial score (nSPS) is 20.3. The van der Waals surface area contributed by atoms with E-state index in [1.54, 1.807) is 18.9 Å². The fourth-order valence-corrected chi connectivity index (χ4v) is 5.69. The summed E-state index contributed by atoms with van der Waals surface area (Å²) in [6.45, 7) is 11.2. The van der Waals surface area contributed by atoms with Crippen LogP contribution in [-0.2, 0) is 6.54 Å². The molecule has 5 nitrogen and oxygen atoms in total. The van der Waals surface area contributed by atoms with Crippen LogP contribution in [0.4, 0.5) is 0 Å². The van der Waals surface area contributed by atoms with E-state index in [2.05, 4.69) is 46.8 Å². The Labute approximate surface area is 191 Å². The maximum atomic E-state index is 5.48. The zero-order valence-corrected chi connectivity index (χ0v) is 20.1. The Kier molecular flexibility index (Phi) is 7.86. The Hall–Kier alpha value is -1.63. The summed E-state index contributed by atoms with van der Waals surface area (Å²) in [6, 6.07) is 6.46. The number of hydrogen-bond acceptors (Lipinski definition) is 6. The van der Waals surface area contributed by atoms with E-state index in [-0.39, 0.29) is 0 Å². The highest BCUT2D eigenvalue weighted by Crippen LogP contribution is 2.30. The minimum Gasteiger partial charge on any atom is -0.496 e. The van der Waals surface area contributed by atoms with Crippen molar-refractivity contribution in [2.75, 3.05) is 45.6 Å². The van der Waals surface area contributed by atoms with E-state index in [0.29, 0.717) is 5.92 Å². The first kappa shape index (κ1) is 22.6. The van der Waals surface area contributed by atoms with Gasteiger partial charge in [-0.25, -0.2) is 9.97 Å². The maximum absolute atomic E-state index is 5.48.